The second kappa shape index (κ2) is 6.99. The van der Waals surface area contributed by atoms with Gasteiger partial charge in [-0.05, 0) is 45.8 Å². The third kappa shape index (κ3) is 3.27. The van der Waals surface area contributed by atoms with Gasteiger partial charge in [-0.3, -0.25) is 0 Å². The molecule has 106 valence electrons. The van der Waals surface area contributed by atoms with E-state index < -0.39 is 0 Å². The van der Waals surface area contributed by atoms with Crippen LogP contribution >= 0.6 is 31.9 Å². The van der Waals surface area contributed by atoms with Gasteiger partial charge in [0, 0.05) is 5.33 Å². The van der Waals surface area contributed by atoms with Crippen LogP contribution in [0.4, 0.5) is 0 Å². The van der Waals surface area contributed by atoms with Crippen LogP contribution in [0.1, 0.15) is 5.56 Å². The molecule has 0 saturated heterocycles. The molecule has 0 fully saturated rings. The second-order valence-electron chi connectivity index (χ2n) is 3.99. The highest BCUT2D eigenvalue weighted by Gasteiger charge is 2.14. The molecule has 0 saturated carbocycles. The fourth-order valence-electron chi connectivity index (χ4n) is 1.74. The minimum atomic E-state index is 0.560. The molecule has 0 aliphatic rings. The molecule has 2 aromatic rings. The van der Waals surface area contributed by atoms with Crippen LogP contribution in [0.3, 0.4) is 0 Å². The van der Waals surface area contributed by atoms with Gasteiger partial charge in [0.05, 0.1) is 18.7 Å². The Balaban J connectivity index is 2.39. The summed E-state index contributed by atoms with van der Waals surface area (Å²) in [5, 5.41) is 0.795. The summed E-state index contributed by atoms with van der Waals surface area (Å²) in [6, 6.07) is 11.4. The maximum absolute atomic E-state index is 5.94. The number of hydrogen-bond acceptors (Lipinski definition) is 3. The molecule has 0 aromatic heterocycles. The van der Waals surface area contributed by atoms with Crippen molar-refractivity contribution in [3.63, 3.8) is 0 Å². The Morgan fingerprint density at radius 2 is 1.60 bits per heavy atom. The summed E-state index contributed by atoms with van der Waals surface area (Å²) in [4.78, 5) is 0. The highest BCUT2D eigenvalue weighted by atomic mass is 79.9. The summed E-state index contributed by atoms with van der Waals surface area (Å²) < 4.78 is 17.5. The third-order valence-electron chi connectivity index (χ3n) is 2.75. The van der Waals surface area contributed by atoms with Crippen LogP contribution in [0.15, 0.2) is 40.9 Å². The summed E-state index contributed by atoms with van der Waals surface area (Å²) in [5.41, 5.74) is 1.16. The first-order valence-electron chi connectivity index (χ1n) is 5.92. The van der Waals surface area contributed by atoms with Crippen molar-refractivity contribution in [1.29, 1.82) is 0 Å². The zero-order valence-corrected chi connectivity index (χ0v) is 14.3. The molecular formula is C15H14Br2O3. The Kier molecular flexibility index (Phi) is 5.31. The quantitative estimate of drug-likeness (QED) is 0.648. The highest BCUT2D eigenvalue weighted by molar-refractivity contribution is 9.10. The fraction of sp³-hybridized carbons (Fsp3) is 0.200. The minimum absolute atomic E-state index is 0.560. The molecule has 20 heavy (non-hydrogen) atoms. The van der Waals surface area contributed by atoms with Gasteiger partial charge in [0.1, 0.15) is 5.75 Å². The van der Waals surface area contributed by atoms with Crippen molar-refractivity contribution >= 4 is 31.9 Å². The van der Waals surface area contributed by atoms with Gasteiger partial charge in [0.15, 0.2) is 11.5 Å². The van der Waals surface area contributed by atoms with Crippen LogP contribution < -0.4 is 14.2 Å². The SMILES string of the molecule is COc1cccc(OC)c1Oc1ccc(CBr)cc1Br. The van der Waals surface area contributed by atoms with Gasteiger partial charge in [0.2, 0.25) is 5.75 Å². The Morgan fingerprint density at radius 3 is 2.10 bits per heavy atom. The summed E-state index contributed by atoms with van der Waals surface area (Å²) in [5.74, 6) is 2.52. The van der Waals surface area contributed by atoms with Crippen LogP contribution in [-0.2, 0) is 5.33 Å². The molecule has 0 spiro atoms. The normalized spacial score (nSPS) is 10.2. The summed E-state index contributed by atoms with van der Waals surface area (Å²) in [6.07, 6.45) is 0. The molecule has 0 unspecified atom stereocenters. The van der Waals surface area contributed by atoms with Crippen LogP contribution in [0, 0.1) is 0 Å². The predicted octanol–water partition coefficient (Wildman–Crippen LogP) is 5.15. The maximum atomic E-state index is 5.94. The monoisotopic (exact) mass is 400 g/mol. The second-order valence-corrected chi connectivity index (χ2v) is 5.41. The topological polar surface area (TPSA) is 27.7 Å². The number of benzene rings is 2. The number of methoxy groups -OCH3 is 2. The lowest BCUT2D eigenvalue weighted by Gasteiger charge is -2.15. The summed E-state index contributed by atoms with van der Waals surface area (Å²) in [7, 11) is 3.20. The van der Waals surface area contributed by atoms with Crippen LogP contribution in [0.2, 0.25) is 0 Å². The number of alkyl halides is 1. The van der Waals surface area contributed by atoms with Gasteiger partial charge < -0.3 is 14.2 Å². The average Bonchev–Trinajstić information content (AvgIpc) is 2.49. The van der Waals surface area contributed by atoms with E-state index >= 15 is 0 Å². The van der Waals surface area contributed by atoms with E-state index in [0.717, 1.165) is 15.4 Å². The van der Waals surface area contributed by atoms with Gasteiger partial charge in [-0.15, -0.1) is 0 Å². The zero-order chi connectivity index (χ0) is 14.5. The number of para-hydroxylation sites is 1. The predicted molar refractivity (Wildman–Crippen MR) is 86.4 cm³/mol. The van der Waals surface area contributed by atoms with Gasteiger partial charge in [-0.25, -0.2) is 0 Å². The van der Waals surface area contributed by atoms with Crippen molar-refractivity contribution in [2.75, 3.05) is 14.2 Å². The standard InChI is InChI=1S/C15H14Br2O3/c1-18-13-4-3-5-14(19-2)15(13)20-12-7-6-10(9-16)8-11(12)17/h3-8H,9H2,1-2H3. The first-order chi connectivity index (χ1) is 9.69. The van der Waals surface area contributed by atoms with E-state index in [2.05, 4.69) is 31.9 Å². The lowest BCUT2D eigenvalue weighted by atomic mass is 10.2. The molecule has 2 rings (SSSR count). The molecule has 0 heterocycles. The number of halogens is 2. The Morgan fingerprint density at radius 1 is 0.950 bits per heavy atom. The van der Waals surface area contributed by atoms with Gasteiger partial charge in [-0.2, -0.15) is 0 Å². The first-order valence-corrected chi connectivity index (χ1v) is 7.84. The Bertz CT molecular complexity index is 577. The minimum Gasteiger partial charge on any atom is -0.493 e. The van der Waals surface area contributed by atoms with Crippen LogP contribution in [0.25, 0.3) is 0 Å². The van der Waals surface area contributed by atoms with Crippen molar-refractivity contribution in [2.24, 2.45) is 0 Å². The molecule has 0 amide bonds. The van der Waals surface area contributed by atoms with E-state index in [0.29, 0.717) is 23.0 Å². The number of ether oxygens (including phenoxy) is 3. The van der Waals surface area contributed by atoms with Crippen molar-refractivity contribution in [3.8, 4) is 23.0 Å². The fourth-order valence-corrected chi connectivity index (χ4v) is 2.59. The van der Waals surface area contributed by atoms with E-state index in [4.69, 9.17) is 14.2 Å². The van der Waals surface area contributed by atoms with Crippen LogP contribution in [-0.4, -0.2) is 14.2 Å². The lowest BCUT2D eigenvalue weighted by Crippen LogP contribution is -1.95. The Hall–Kier alpha value is -1.20. The van der Waals surface area contributed by atoms with E-state index in [1.54, 1.807) is 14.2 Å². The largest absolute Gasteiger partial charge is 0.493 e. The van der Waals surface area contributed by atoms with E-state index in [1.807, 2.05) is 36.4 Å². The van der Waals surface area contributed by atoms with Crippen molar-refractivity contribution in [3.05, 3.63) is 46.4 Å². The smallest absolute Gasteiger partial charge is 0.211 e. The molecule has 0 N–H and O–H groups in total. The number of rotatable bonds is 5. The van der Waals surface area contributed by atoms with Crippen molar-refractivity contribution in [1.82, 2.24) is 0 Å². The molecule has 3 nitrogen and oxygen atoms in total. The van der Waals surface area contributed by atoms with E-state index in [9.17, 15) is 0 Å². The lowest BCUT2D eigenvalue weighted by molar-refractivity contribution is 0.345. The van der Waals surface area contributed by atoms with Gasteiger partial charge >= 0.3 is 0 Å². The van der Waals surface area contributed by atoms with Crippen molar-refractivity contribution < 1.29 is 14.2 Å². The van der Waals surface area contributed by atoms with Gasteiger partial charge in [-0.1, -0.05) is 28.1 Å². The molecule has 0 radical (unpaired) electrons. The summed E-state index contributed by atoms with van der Waals surface area (Å²) in [6.45, 7) is 0. The molecule has 0 aliphatic carbocycles. The Labute approximate surface area is 135 Å². The molecule has 0 atom stereocenters. The van der Waals surface area contributed by atoms with E-state index in [1.165, 1.54) is 0 Å². The molecular weight excluding hydrogens is 388 g/mol. The maximum Gasteiger partial charge on any atom is 0.211 e. The molecule has 0 aliphatic heterocycles. The first kappa shape index (κ1) is 15.2. The van der Waals surface area contributed by atoms with Crippen LogP contribution in [0.5, 0.6) is 23.0 Å². The third-order valence-corrected chi connectivity index (χ3v) is 4.01. The molecule has 5 heteroatoms. The molecule has 0 bridgehead atoms. The average molecular weight is 402 g/mol. The van der Waals surface area contributed by atoms with Gasteiger partial charge in [0.25, 0.3) is 0 Å². The zero-order valence-electron chi connectivity index (χ0n) is 11.2. The highest BCUT2D eigenvalue weighted by Crippen LogP contribution is 2.41. The summed E-state index contributed by atoms with van der Waals surface area (Å²) >= 11 is 6.94. The van der Waals surface area contributed by atoms with E-state index in [-0.39, 0.29) is 0 Å². The molecule has 2 aromatic carbocycles. The number of hydrogen-bond donors (Lipinski definition) is 0. The van der Waals surface area contributed by atoms with Crippen molar-refractivity contribution in [2.45, 2.75) is 5.33 Å².